The van der Waals surface area contributed by atoms with Crippen LogP contribution >= 0.6 is 0 Å². The molecular formula is C20H20F3N6O4-. The maximum atomic E-state index is 13.9. The van der Waals surface area contributed by atoms with Crippen molar-refractivity contribution in [2.75, 3.05) is 18.5 Å². The minimum atomic E-state index is -3.63. The van der Waals surface area contributed by atoms with Gasteiger partial charge in [-0.1, -0.05) is 0 Å². The van der Waals surface area contributed by atoms with Gasteiger partial charge in [0.25, 0.3) is 11.8 Å². The summed E-state index contributed by atoms with van der Waals surface area (Å²) >= 11 is 0. The number of halogens is 3. The van der Waals surface area contributed by atoms with Gasteiger partial charge in [-0.05, 0) is 30.7 Å². The summed E-state index contributed by atoms with van der Waals surface area (Å²) in [4.78, 5) is 24.1. The maximum Gasteiger partial charge on any atom is 0.272 e. The average Bonchev–Trinajstić information content (AvgIpc) is 3.18. The first-order valence-electron chi connectivity index (χ1n) is 9.83. The summed E-state index contributed by atoms with van der Waals surface area (Å²) in [6.45, 7) is -1.75. The van der Waals surface area contributed by atoms with Crippen LogP contribution in [0, 0.1) is 23.1 Å². The van der Waals surface area contributed by atoms with E-state index in [1.165, 1.54) is 35.1 Å². The Hall–Kier alpha value is -3.79. The number of alkyl halides is 2. The van der Waals surface area contributed by atoms with Crippen molar-refractivity contribution in [1.82, 2.24) is 14.7 Å². The number of aromatic nitrogens is 2. The molecule has 0 spiro atoms. The lowest BCUT2D eigenvalue weighted by Crippen LogP contribution is -2.57. The Balaban J connectivity index is 1.97. The van der Waals surface area contributed by atoms with Gasteiger partial charge in [0.05, 0.1) is 24.1 Å². The van der Waals surface area contributed by atoms with Crippen LogP contribution in [-0.2, 0) is 0 Å². The van der Waals surface area contributed by atoms with Gasteiger partial charge in [-0.3, -0.25) is 9.48 Å². The molecule has 1 saturated heterocycles. The number of aliphatic hydroxyl groups excluding tert-OH is 1. The molecule has 0 saturated carbocycles. The molecule has 10 nitrogen and oxygen atoms in total. The maximum absolute atomic E-state index is 13.9. The first kappa shape index (κ1) is 23.9. The number of anilines is 2. The molecule has 0 aliphatic carbocycles. The van der Waals surface area contributed by atoms with Crippen LogP contribution in [0.5, 0.6) is 0 Å². The zero-order valence-corrected chi connectivity index (χ0v) is 17.1. The molecule has 2 heterocycles. The number of carboxylic acid groups (broad SMARTS) is 1. The van der Waals surface area contributed by atoms with E-state index < -0.39 is 54.8 Å². The molecule has 1 aromatic heterocycles. The minimum absolute atomic E-state index is 0.00892. The topological polar surface area (TPSA) is 160 Å². The number of primary amides is 1. The smallest absolute Gasteiger partial charge is 0.272 e. The van der Waals surface area contributed by atoms with E-state index in [0.717, 1.165) is 0 Å². The lowest BCUT2D eigenvalue weighted by atomic mass is 9.83. The van der Waals surface area contributed by atoms with Gasteiger partial charge in [-0.25, -0.2) is 13.2 Å². The Morgan fingerprint density at radius 3 is 2.58 bits per heavy atom. The number of nitrogens with two attached hydrogens (primary N) is 1. The number of nitriles is 1. The molecule has 3 atom stereocenters. The number of likely N-dealkylation sites (tertiary alicyclic amines) is 1. The number of amides is 2. The number of aliphatic hydroxyl groups is 1. The van der Waals surface area contributed by atoms with E-state index in [1.54, 1.807) is 0 Å². The van der Waals surface area contributed by atoms with Crippen LogP contribution in [0.15, 0.2) is 30.5 Å². The van der Waals surface area contributed by atoms with Gasteiger partial charge in [0.2, 0.25) is 0 Å². The Kier molecular flexibility index (Phi) is 6.78. The van der Waals surface area contributed by atoms with E-state index >= 15 is 0 Å². The van der Waals surface area contributed by atoms with Crippen LogP contribution < -0.4 is 16.2 Å². The highest BCUT2D eigenvalue weighted by molar-refractivity contribution is 5.98. The number of rotatable bonds is 7. The molecule has 3 unspecified atom stereocenters. The third kappa shape index (κ3) is 5.17. The lowest BCUT2D eigenvalue weighted by molar-refractivity contribution is -0.271. The highest BCUT2D eigenvalue weighted by Gasteiger charge is 2.45. The second kappa shape index (κ2) is 9.37. The van der Waals surface area contributed by atoms with E-state index in [1.807, 2.05) is 6.07 Å². The molecule has 1 fully saturated rings. The normalized spacial score (nSPS) is 20.8. The Morgan fingerprint density at radius 2 is 2.03 bits per heavy atom. The van der Waals surface area contributed by atoms with E-state index in [9.17, 15) is 33.1 Å². The molecule has 2 aromatic rings. The standard InChI is InChI=1S/C20H21F3N6O4/c21-11-1-3-12(4-2-11)26-18-14(17(25)31)9-29(27-18)15-5-6-28(19(32)33)16(13(15)8-24)7-20(22,23)10-30/h1-4,9,13,15-16,30H,5-7,10H2,(H2,25,31)(H,26,27)(H,32,33)/p-1. The first-order chi connectivity index (χ1) is 15.6. The number of nitrogens with zero attached hydrogens (tertiary/aromatic N) is 4. The number of hydrogen-bond donors (Lipinski definition) is 3. The number of carbonyl (C=O) groups excluding carboxylic acids is 2. The van der Waals surface area contributed by atoms with Gasteiger partial charge in [0.1, 0.15) is 24.1 Å². The third-order valence-electron chi connectivity index (χ3n) is 5.46. The Labute approximate surface area is 186 Å². The van der Waals surface area contributed by atoms with E-state index in [0.29, 0.717) is 10.6 Å². The van der Waals surface area contributed by atoms with Gasteiger partial charge >= 0.3 is 0 Å². The third-order valence-corrected chi connectivity index (χ3v) is 5.46. The predicted molar refractivity (Wildman–Crippen MR) is 106 cm³/mol. The van der Waals surface area contributed by atoms with Crippen molar-refractivity contribution in [3.8, 4) is 6.07 Å². The van der Waals surface area contributed by atoms with Crippen LogP contribution in [0.2, 0.25) is 0 Å². The summed E-state index contributed by atoms with van der Waals surface area (Å²) in [7, 11) is 0. The molecule has 1 aromatic carbocycles. The molecule has 13 heteroatoms. The van der Waals surface area contributed by atoms with Gasteiger partial charge in [-0.15, -0.1) is 0 Å². The van der Waals surface area contributed by atoms with Crippen molar-refractivity contribution in [3.05, 3.63) is 41.8 Å². The fraction of sp³-hybridized carbons (Fsp3) is 0.400. The highest BCUT2D eigenvalue weighted by Crippen LogP contribution is 2.38. The highest BCUT2D eigenvalue weighted by atomic mass is 19.3. The van der Waals surface area contributed by atoms with Crippen LogP contribution in [0.4, 0.5) is 29.5 Å². The van der Waals surface area contributed by atoms with E-state index in [2.05, 4.69) is 10.4 Å². The second-order valence-electron chi connectivity index (χ2n) is 7.62. The number of benzene rings is 1. The van der Waals surface area contributed by atoms with Gasteiger partial charge < -0.3 is 31.0 Å². The summed E-state index contributed by atoms with van der Waals surface area (Å²) in [5, 5.41) is 37.2. The molecule has 4 N–H and O–H groups in total. The molecule has 33 heavy (non-hydrogen) atoms. The summed E-state index contributed by atoms with van der Waals surface area (Å²) in [5.41, 5.74) is 5.72. The summed E-state index contributed by atoms with van der Waals surface area (Å²) in [5.74, 6) is -6.29. The molecule has 1 aliphatic rings. The number of carbonyl (C=O) groups is 2. The van der Waals surface area contributed by atoms with Crippen LogP contribution in [0.25, 0.3) is 0 Å². The predicted octanol–water partition coefficient (Wildman–Crippen LogP) is 0.981. The number of piperidine rings is 1. The van der Waals surface area contributed by atoms with Crippen molar-refractivity contribution in [1.29, 1.82) is 5.26 Å². The van der Waals surface area contributed by atoms with Crippen LogP contribution in [0.3, 0.4) is 0 Å². The molecule has 0 radical (unpaired) electrons. The fourth-order valence-electron chi connectivity index (χ4n) is 3.87. The number of nitrogens with one attached hydrogen (secondary N) is 1. The quantitative estimate of drug-likeness (QED) is 0.549. The van der Waals surface area contributed by atoms with Crippen LogP contribution in [0.1, 0.15) is 29.2 Å². The number of hydrogen-bond acceptors (Lipinski definition) is 7. The van der Waals surface area contributed by atoms with Crippen molar-refractivity contribution >= 4 is 23.5 Å². The minimum Gasteiger partial charge on any atom is -0.530 e. The Morgan fingerprint density at radius 1 is 1.36 bits per heavy atom. The molecular weight excluding hydrogens is 445 g/mol. The Bertz CT molecular complexity index is 1070. The zero-order chi connectivity index (χ0) is 24.3. The van der Waals surface area contributed by atoms with E-state index in [-0.39, 0.29) is 24.3 Å². The zero-order valence-electron chi connectivity index (χ0n) is 17.1. The van der Waals surface area contributed by atoms with Crippen molar-refractivity contribution in [3.63, 3.8) is 0 Å². The van der Waals surface area contributed by atoms with E-state index in [4.69, 9.17) is 10.8 Å². The SMILES string of the molecule is N#CC1C(CC(F)(F)CO)N(C(=O)[O-])CCC1n1cc(C(N)=O)c(Nc2ccc(F)cc2)n1. The fourth-order valence-corrected chi connectivity index (χ4v) is 3.87. The van der Waals surface area contributed by atoms with Crippen molar-refractivity contribution < 1.29 is 33.0 Å². The average molecular weight is 465 g/mol. The lowest BCUT2D eigenvalue weighted by Gasteiger charge is -2.45. The molecule has 1 aliphatic heterocycles. The van der Waals surface area contributed by atoms with Crippen molar-refractivity contribution in [2.45, 2.75) is 30.8 Å². The molecule has 0 bridgehead atoms. The van der Waals surface area contributed by atoms with Gasteiger partial charge in [0.15, 0.2) is 5.82 Å². The second-order valence-corrected chi connectivity index (χ2v) is 7.62. The largest absolute Gasteiger partial charge is 0.530 e. The van der Waals surface area contributed by atoms with Gasteiger partial charge in [-0.2, -0.15) is 10.4 Å². The molecule has 176 valence electrons. The summed E-state index contributed by atoms with van der Waals surface area (Å²) < 4.78 is 42.2. The summed E-state index contributed by atoms with van der Waals surface area (Å²) in [6, 6.07) is 4.63. The van der Waals surface area contributed by atoms with Gasteiger partial charge in [0, 0.05) is 24.8 Å². The monoisotopic (exact) mass is 465 g/mol. The molecule has 2 amide bonds. The van der Waals surface area contributed by atoms with Crippen LogP contribution in [-0.4, -0.2) is 56.9 Å². The summed E-state index contributed by atoms with van der Waals surface area (Å²) in [6.07, 6.45) is -1.57. The first-order valence-corrected chi connectivity index (χ1v) is 9.83. The molecule has 3 rings (SSSR count). The van der Waals surface area contributed by atoms with Crippen molar-refractivity contribution in [2.24, 2.45) is 11.7 Å².